The van der Waals surface area contributed by atoms with E-state index in [4.69, 9.17) is 21.6 Å². The van der Waals surface area contributed by atoms with Crippen LogP contribution in [0.15, 0.2) is 119 Å². The summed E-state index contributed by atoms with van der Waals surface area (Å²) in [6.07, 6.45) is 7.19. The monoisotopic (exact) mass is 1020 g/mol. The van der Waals surface area contributed by atoms with Crippen molar-refractivity contribution in [3.05, 3.63) is 158 Å². The molecule has 2 aromatic carbocycles. The second kappa shape index (κ2) is 18.5. The quantitative estimate of drug-likeness (QED) is 0.182. The van der Waals surface area contributed by atoms with E-state index in [-0.39, 0.29) is 34.3 Å². The first kappa shape index (κ1) is 46.1. The van der Waals surface area contributed by atoms with Crippen LogP contribution in [0.25, 0.3) is 44.6 Å². The summed E-state index contributed by atoms with van der Waals surface area (Å²) >= 11 is 13.6. The summed E-state index contributed by atoms with van der Waals surface area (Å²) in [4.78, 5) is 29.9. The fourth-order valence-electron chi connectivity index (χ4n) is 8.63. The lowest BCUT2D eigenvalue weighted by Gasteiger charge is -2.29. The summed E-state index contributed by atoms with van der Waals surface area (Å²) in [5.74, 6) is -0.255. The second-order valence-corrected chi connectivity index (χ2v) is 20.5. The van der Waals surface area contributed by atoms with E-state index in [1.165, 1.54) is 30.0 Å². The van der Waals surface area contributed by atoms with Crippen LogP contribution >= 0.6 is 43.5 Å². The molecule has 0 bridgehead atoms. The maximum atomic E-state index is 14.3. The van der Waals surface area contributed by atoms with Crippen molar-refractivity contribution in [2.75, 3.05) is 23.3 Å². The Labute approximate surface area is 400 Å². The standard InChI is InChI=1S/C26H24BrFN4.C17H14ClFN2.C9H11BrN2/c1-15(2)22-23(19-7-5-6-10-29-19)31-20-12-17(28)8-9-18(20)24(22)32-14-26(3,4)25-21(32)11-16(27)13-30-25;1-10(2)15-16(18)12-7-6-11(19)9-14(12)21-17(15)13-5-3-4-8-20-13;1-9(2)5-12-7-3-6(10)4-11-8(7)9/h5-13,15H,14H2,1-4H3;3-10H,1-2H3;3-4,12H,5H2,1-2H3. The molecule has 0 amide bonds. The summed E-state index contributed by atoms with van der Waals surface area (Å²) in [7, 11) is 0. The number of halogens is 5. The van der Waals surface area contributed by atoms with Crippen molar-refractivity contribution in [2.45, 2.75) is 78.1 Å². The number of nitrogens with one attached hydrogen (secondary N) is 1. The average Bonchev–Trinajstić information content (AvgIpc) is 3.72. The van der Waals surface area contributed by atoms with Gasteiger partial charge in [-0.15, -0.1) is 0 Å². The molecule has 13 heteroatoms. The Hall–Kier alpha value is -5.43. The number of anilines is 3. The molecule has 2 aliphatic rings. The Balaban J connectivity index is 0.000000149. The molecule has 332 valence electrons. The molecule has 8 aromatic rings. The number of rotatable bonds is 5. The molecule has 1 N–H and O–H groups in total. The van der Waals surface area contributed by atoms with Crippen molar-refractivity contribution in [3.8, 4) is 22.8 Å². The Morgan fingerprint density at radius 2 is 1.18 bits per heavy atom. The lowest BCUT2D eigenvalue weighted by atomic mass is 9.91. The molecule has 0 fully saturated rings. The van der Waals surface area contributed by atoms with Gasteiger partial charge in [-0.3, -0.25) is 19.9 Å². The third kappa shape index (κ3) is 9.35. The summed E-state index contributed by atoms with van der Waals surface area (Å²) in [6.45, 7) is 19.0. The highest BCUT2D eigenvalue weighted by atomic mass is 79.9. The zero-order valence-corrected chi connectivity index (χ0v) is 41.4. The van der Waals surface area contributed by atoms with E-state index < -0.39 is 0 Å². The summed E-state index contributed by atoms with van der Waals surface area (Å²) in [5, 5.41) is 5.65. The van der Waals surface area contributed by atoms with E-state index in [0.717, 1.165) is 83.8 Å². The number of benzene rings is 2. The molecule has 8 heterocycles. The lowest BCUT2D eigenvalue weighted by molar-refractivity contribution is 0.553. The molecule has 0 saturated carbocycles. The van der Waals surface area contributed by atoms with Gasteiger partial charge >= 0.3 is 0 Å². The zero-order valence-electron chi connectivity index (χ0n) is 37.5. The van der Waals surface area contributed by atoms with Crippen LogP contribution in [0, 0.1) is 11.6 Å². The first-order chi connectivity index (χ1) is 30.9. The molecule has 0 radical (unpaired) electrons. The average molecular weight is 1020 g/mol. The van der Waals surface area contributed by atoms with Crippen molar-refractivity contribution in [2.24, 2.45) is 0 Å². The van der Waals surface area contributed by atoms with Crippen LogP contribution in [0.3, 0.4) is 0 Å². The number of nitrogens with zero attached hydrogens (tertiary/aromatic N) is 7. The number of hydrogen-bond donors (Lipinski definition) is 1. The van der Waals surface area contributed by atoms with Crippen molar-refractivity contribution in [3.63, 3.8) is 0 Å². The first-order valence-corrected chi connectivity index (χ1v) is 23.5. The van der Waals surface area contributed by atoms with Crippen LogP contribution < -0.4 is 10.2 Å². The fourth-order valence-corrected chi connectivity index (χ4v) is 9.75. The maximum Gasteiger partial charge on any atom is 0.125 e. The number of fused-ring (bicyclic) bond motifs is 4. The minimum atomic E-state index is -0.324. The molecule has 6 aromatic heterocycles. The molecular formula is C52H49Br2ClF2N8. The van der Waals surface area contributed by atoms with Gasteiger partial charge in [0.05, 0.1) is 67.3 Å². The first-order valence-electron chi connectivity index (χ1n) is 21.5. The van der Waals surface area contributed by atoms with Gasteiger partial charge in [0.2, 0.25) is 0 Å². The normalized spacial score (nSPS) is 14.4. The molecular weight excluding hydrogens is 970 g/mol. The van der Waals surface area contributed by atoms with Crippen LogP contribution in [0.2, 0.25) is 5.02 Å². The van der Waals surface area contributed by atoms with Crippen molar-refractivity contribution < 1.29 is 8.78 Å². The SMILES string of the molecule is CC(C)c1c(-c2ccccn2)nc2cc(F)ccc2c1Cl.CC(C)c1c(-c2ccccn2)nc2cc(F)ccc2c1N1CC(C)(C)c2ncc(Br)cc21.CC1(C)CNc2cc(Br)cnc21. The smallest absolute Gasteiger partial charge is 0.125 e. The number of pyridine rings is 6. The molecule has 65 heavy (non-hydrogen) atoms. The van der Waals surface area contributed by atoms with E-state index in [9.17, 15) is 8.78 Å². The molecule has 8 nitrogen and oxygen atoms in total. The van der Waals surface area contributed by atoms with Gasteiger partial charge in [0, 0.05) is 91.7 Å². The second-order valence-electron chi connectivity index (χ2n) is 18.3. The van der Waals surface area contributed by atoms with Crippen LogP contribution in [0.4, 0.5) is 25.8 Å². The Bertz CT molecular complexity index is 3060. The minimum absolute atomic E-state index is 0.134. The van der Waals surface area contributed by atoms with Crippen LogP contribution in [0.5, 0.6) is 0 Å². The highest BCUT2D eigenvalue weighted by Crippen LogP contribution is 2.50. The number of aromatic nitrogens is 6. The van der Waals surface area contributed by atoms with Crippen LogP contribution in [0.1, 0.15) is 89.7 Å². The van der Waals surface area contributed by atoms with E-state index >= 15 is 0 Å². The molecule has 0 aliphatic carbocycles. The predicted molar refractivity (Wildman–Crippen MR) is 268 cm³/mol. The maximum absolute atomic E-state index is 14.3. The zero-order chi connectivity index (χ0) is 46.4. The summed E-state index contributed by atoms with van der Waals surface area (Å²) in [6, 6.07) is 25.0. The van der Waals surface area contributed by atoms with E-state index in [2.05, 4.69) is 130 Å². The Morgan fingerprint density at radius 3 is 1.75 bits per heavy atom. The highest BCUT2D eigenvalue weighted by Gasteiger charge is 2.40. The molecule has 0 unspecified atom stereocenters. The molecule has 2 aliphatic heterocycles. The third-order valence-electron chi connectivity index (χ3n) is 11.7. The minimum Gasteiger partial charge on any atom is -0.383 e. The third-order valence-corrected chi connectivity index (χ3v) is 12.9. The topological polar surface area (TPSA) is 92.6 Å². The molecule has 0 saturated heterocycles. The van der Waals surface area contributed by atoms with E-state index in [1.54, 1.807) is 18.5 Å². The highest BCUT2D eigenvalue weighted by molar-refractivity contribution is 9.10. The summed E-state index contributed by atoms with van der Waals surface area (Å²) in [5.41, 5.74) is 11.8. The van der Waals surface area contributed by atoms with Gasteiger partial charge < -0.3 is 10.2 Å². The lowest BCUT2D eigenvalue weighted by Crippen LogP contribution is -2.26. The van der Waals surface area contributed by atoms with Gasteiger partial charge in [-0.05, 0) is 104 Å². The van der Waals surface area contributed by atoms with E-state index in [0.29, 0.717) is 21.7 Å². The van der Waals surface area contributed by atoms with Crippen molar-refractivity contribution in [1.29, 1.82) is 0 Å². The van der Waals surface area contributed by atoms with Gasteiger partial charge in [-0.2, -0.15) is 0 Å². The fraction of sp³-hybridized carbons (Fsp3) is 0.269. The largest absolute Gasteiger partial charge is 0.383 e. The van der Waals surface area contributed by atoms with Gasteiger partial charge in [-0.1, -0.05) is 79.1 Å². The van der Waals surface area contributed by atoms with Gasteiger partial charge in [0.15, 0.2) is 0 Å². The Kier molecular flexibility index (Phi) is 13.1. The molecule has 10 rings (SSSR count). The number of hydrogen-bond acceptors (Lipinski definition) is 8. The summed E-state index contributed by atoms with van der Waals surface area (Å²) < 4.78 is 29.7. The van der Waals surface area contributed by atoms with Crippen molar-refractivity contribution >= 4 is 82.3 Å². The molecule has 0 spiro atoms. The van der Waals surface area contributed by atoms with Crippen LogP contribution in [-0.2, 0) is 10.8 Å². The Morgan fingerprint density at radius 1 is 0.646 bits per heavy atom. The molecule has 0 atom stereocenters. The van der Waals surface area contributed by atoms with Crippen molar-refractivity contribution in [1.82, 2.24) is 29.9 Å². The van der Waals surface area contributed by atoms with Gasteiger partial charge in [-0.25, -0.2) is 18.7 Å². The predicted octanol–water partition coefficient (Wildman–Crippen LogP) is 14.9. The van der Waals surface area contributed by atoms with Gasteiger partial charge in [0.25, 0.3) is 0 Å². The van der Waals surface area contributed by atoms with E-state index in [1.807, 2.05) is 54.9 Å². The van der Waals surface area contributed by atoms with Crippen LogP contribution in [-0.4, -0.2) is 43.0 Å². The van der Waals surface area contributed by atoms with Gasteiger partial charge in [0.1, 0.15) is 11.6 Å².